The lowest BCUT2D eigenvalue weighted by molar-refractivity contribution is -0.155. The van der Waals surface area contributed by atoms with Crippen LogP contribution in [0.2, 0.25) is 0 Å². The lowest BCUT2D eigenvalue weighted by Crippen LogP contribution is -2.56. The molecule has 2 fully saturated rings. The average Bonchev–Trinajstić information content (AvgIpc) is 2.54. The Morgan fingerprint density at radius 3 is 2.76 bits per heavy atom. The molecule has 3 atom stereocenters. The van der Waals surface area contributed by atoms with Crippen LogP contribution in [0.1, 0.15) is 52.4 Å². The molecule has 2 aliphatic rings. The SMILES string of the molecule is CCC1CCNC(C(=O)N2CCCC(CC)(C(=O)O)C2)C1. The van der Waals surface area contributed by atoms with Gasteiger partial charge in [-0.1, -0.05) is 20.3 Å². The van der Waals surface area contributed by atoms with Gasteiger partial charge in [0.25, 0.3) is 0 Å². The predicted molar refractivity (Wildman–Crippen MR) is 81.0 cm³/mol. The molecule has 5 heteroatoms. The Morgan fingerprint density at radius 2 is 2.14 bits per heavy atom. The lowest BCUT2D eigenvalue weighted by Gasteiger charge is -2.41. The van der Waals surface area contributed by atoms with Crippen molar-refractivity contribution in [3.05, 3.63) is 0 Å². The normalized spacial score (nSPS) is 33.7. The van der Waals surface area contributed by atoms with Crippen LogP contribution in [0.3, 0.4) is 0 Å². The molecule has 0 aromatic carbocycles. The molecular weight excluding hydrogens is 268 g/mol. The number of piperidine rings is 2. The van der Waals surface area contributed by atoms with Crippen molar-refractivity contribution in [1.29, 1.82) is 0 Å². The zero-order valence-corrected chi connectivity index (χ0v) is 13.2. The van der Waals surface area contributed by atoms with Gasteiger partial charge in [0, 0.05) is 13.1 Å². The number of amides is 1. The van der Waals surface area contributed by atoms with Crippen LogP contribution >= 0.6 is 0 Å². The van der Waals surface area contributed by atoms with E-state index in [2.05, 4.69) is 12.2 Å². The zero-order chi connectivity index (χ0) is 15.5. The van der Waals surface area contributed by atoms with Crippen molar-refractivity contribution in [2.24, 2.45) is 11.3 Å². The first-order valence-electron chi connectivity index (χ1n) is 8.28. The summed E-state index contributed by atoms with van der Waals surface area (Å²) in [6.07, 6.45) is 5.18. The second-order valence-electron chi connectivity index (χ2n) is 6.61. The number of aliphatic carboxylic acids is 1. The Hall–Kier alpha value is -1.10. The zero-order valence-electron chi connectivity index (χ0n) is 13.2. The number of hydrogen-bond donors (Lipinski definition) is 2. The number of carboxylic acids is 1. The average molecular weight is 296 g/mol. The molecule has 0 spiro atoms. The van der Waals surface area contributed by atoms with E-state index in [9.17, 15) is 14.7 Å². The summed E-state index contributed by atoms with van der Waals surface area (Å²) < 4.78 is 0. The fourth-order valence-electron chi connectivity index (χ4n) is 3.71. The van der Waals surface area contributed by atoms with E-state index in [1.807, 2.05) is 6.92 Å². The molecule has 2 aliphatic heterocycles. The molecule has 120 valence electrons. The van der Waals surface area contributed by atoms with Gasteiger partial charge in [-0.15, -0.1) is 0 Å². The number of carboxylic acid groups (broad SMARTS) is 1. The number of carbonyl (C=O) groups excluding carboxylic acids is 1. The molecule has 0 radical (unpaired) electrons. The van der Waals surface area contributed by atoms with E-state index in [4.69, 9.17) is 0 Å². The van der Waals surface area contributed by atoms with E-state index in [1.165, 1.54) is 0 Å². The van der Waals surface area contributed by atoms with Gasteiger partial charge in [-0.2, -0.15) is 0 Å². The molecule has 5 nitrogen and oxygen atoms in total. The molecule has 21 heavy (non-hydrogen) atoms. The summed E-state index contributed by atoms with van der Waals surface area (Å²) in [7, 11) is 0. The van der Waals surface area contributed by atoms with Crippen LogP contribution in [0.5, 0.6) is 0 Å². The van der Waals surface area contributed by atoms with Crippen molar-refractivity contribution in [2.45, 2.75) is 58.4 Å². The molecule has 0 aromatic rings. The second kappa shape index (κ2) is 6.77. The van der Waals surface area contributed by atoms with Crippen LogP contribution in [0.4, 0.5) is 0 Å². The smallest absolute Gasteiger partial charge is 0.311 e. The summed E-state index contributed by atoms with van der Waals surface area (Å²) in [5.41, 5.74) is -0.743. The molecule has 2 heterocycles. The molecule has 1 amide bonds. The Kier molecular flexibility index (Phi) is 5.25. The standard InChI is InChI=1S/C16H28N2O3/c1-3-12-6-8-17-13(10-12)14(19)18-9-5-7-16(4-2,11-18)15(20)21/h12-13,17H,3-11H2,1-2H3,(H,20,21). The molecule has 3 unspecified atom stereocenters. The minimum atomic E-state index is -0.759. The van der Waals surface area contributed by atoms with E-state index >= 15 is 0 Å². The number of nitrogens with one attached hydrogen (secondary N) is 1. The van der Waals surface area contributed by atoms with Crippen LogP contribution in [-0.4, -0.2) is 47.6 Å². The fourth-order valence-corrected chi connectivity index (χ4v) is 3.71. The first kappa shape index (κ1) is 16.3. The minimum Gasteiger partial charge on any atom is -0.481 e. The monoisotopic (exact) mass is 296 g/mol. The van der Waals surface area contributed by atoms with Crippen LogP contribution < -0.4 is 5.32 Å². The van der Waals surface area contributed by atoms with E-state index in [-0.39, 0.29) is 11.9 Å². The van der Waals surface area contributed by atoms with Crippen LogP contribution in [-0.2, 0) is 9.59 Å². The molecule has 0 saturated carbocycles. The van der Waals surface area contributed by atoms with Crippen molar-refractivity contribution < 1.29 is 14.7 Å². The molecule has 2 rings (SSSR count). The molecule has 0 aromatic heterocycles. The maximum Gasteiger partial charge on any atom is 0.311 e. The third-order valence-electron chi connectivity index (χ3n) is 5.41. The third kappa shape index (κ3) is 3.39. The molecular formula is C16H28N2O3. The highest BCUT2D eigenvalue weighted by Crippen LogP contribution is 2.34. The fraction of sp³-hybridized carbons (Fsp3) is 0.875. The molecule has 2 N–H and O–H groups in total. The number of carbonyl (C=O) groups is 2. The first-order chi connectivity index (χ1) is 10.0. The van der Waals surface area contributed by atoms with Crippen LogP contribution in [0.15, 0.2) is 0 Å². The minimum absolute atomic E-state index is 0.104. The maximum absolute atomic E-state index is 12.7. The summed E-state index contributed by atoms with van der Waals surface area (Å²) in [4.78, 5) is 26.1. The summed E-state index contributed by atoms with van der Waals surface area (Å²) in [5.74, 6) is -0.0436. The summed E-state index contributed by atoms with van der Waals surface area (Å²) in [6.45, 7) is 6.04. The Labute approximate surface area is 127 Å². The van der Waals surface area contributed by atoms with Crippen molar-refractivity contribution >= 4 is 11.9 Å². The highest BCUT2D eigenvalue weighted by atomic mass is 16.4. The van der Waals surface area contributed by atoms with Crippen molar-refractivity contribution in [2.75, 3.05) is 19.6 Å². The number of likely N-dealkylation sites (tertiary alicyclic amines) is 1. The molecule has 0 bridgehead atoms. The maximum atomic E-state index is 12.7. The largest absolute Gasteiger partial charge is 0.481 e. The van der Waals surface area contributed by atoms with Gasteiger partial charge in [0.1, 0.15) is 0 Å². The van der Waals surface area contributed by atoms with Gasteiger partial charge in [0.15, 0.2) is 0 Å². The third-order valence-corrected chi connectivity index (χ3v) is 5.41. The van der Waals surface area contributed by atoms with Gasteiger partial charge < -0.3 is 15.3 Å². The predicted octanol–water partition coefficient (Wildman–Crippen LogP) is 1.87. The number of hydrogen-bond acceptors (Lipinski definition) is 3. The van der Waals surface area contributed by atoms with E-state index in [0.717, 1.165) is 32.2 Å². The van der Waals surface area contributed by atoms with Gasteiger partial charge >= 0.3 is 5.97 Å². The number of nitrogens with zero attached hydrogens (tertiary/aromatic N) is 1. The Morgan fingerprint density at radius 1 is 1.38 bits per heavy atom. The van der Waals surface area contributed by atoms with Gasteiger partial charge in [0.2, 0.25) is 5.91 Å². The summed E-state index contributed by atoms with van der Waals surface area (Å²) >= 11 is 0. The van der Waals surface area contributed by atoms with Gasteiger partial charge in [0.05, 0.1) is 11.5 Å². The van der Waals surface area contributed by atoms with E-state index < -0.39 is 11.4 Å². The number of rotatable bonds is 4. The van der Waals surface area contributed by atoms with Gasteiger partial charge in [-0.05, 0) is 44.6 Å². The summed E-state index contributed by atoms with van der Waals surface area (Å²) in [5, 5.41) is 12.8. The first-order valence-corrected chi connectivity index (χ1v) is 8.28. The van der Waals surface area contributed by atoms with Crippen molar-refractivity contribution in [3.63, 3.8) is 0 Å². The van der Waals surface area contributed by atoms with Crippen LogP contribution in [0.25, 0.3) is 0 Å². The lowest BCUT2D eigenvalue weighted by atomic mass is 9.77. The second-order valence-corrected chi connectivity index (χ2v) is 6.61. The van der Waals surface area contributed by atoms with E-state index in [1.54, 1.807) is 4.90 Å². The van der Waals surface area contributed by atoms with Crippen molar-refractivity contribution in [3.8, 4) is 0 Å². The molecule has 0 aliphatic carbocycles. The highest BCUT2D eigenvalue weighted by molar-refractivity contribution is 5.83. The Bertz CT molecular complexity index is 399. The van der Waals surface area contributed by atoms with Gasteiger partial charge in [-0.25, -0.2) is 0 Å². The quantitative estimate of drug-likeness (QED) is 0.831. The summed E-state index contributed by atoms with van der Waals surface area (Å²) in [6, 6.07) is -0.120. The van der Waals surface area contributed by atoms with Gasteiger partial charge in [-0.3, -0.25) is 9.59 Å². The Balaban J connectivity index is 2.03. The van der Waals surface area contributed by atoms with Crippen molar-refractivity contribution in [1.82, 2.24) is 10.2 Å². The van der Waals surface area contributed by atoms with E-state index in [0.29, 0.717) is 31.8 Å². The highest BCUT2D eigenvalue weighted by Gasteiger charge is 2.43. The van der Waals surface area contributed by atoms with Crippen LogP contribution in [0, 0.1) is 11.3 Å². The topological polar surface area (TPSA) is 69.6 Å². The molecule has 2 saturated heterocycles.